The van der Waals surface area contributed by atoms with E-state index in [4.69, 9.17) is 4.74 Å². The van der Waals surface area contributed by atoms with E-state index in [1.165, 1.54) is 37.7 Å². The van der Waals surface area contributed by atoms with Crippen LogP contribution in [0.25, 0.3) is 0 Å². The Kier molecular flexibility index (Phi) is 5.41. The van der Waals surface area contributed by atoms with Crippen LogP contribution in [-0.4, -0.2) is 25.3 Å². The fourth-order valence-corrected chi connectivity index (χ4v) is 3.43. The van der Waals surface area contributed by atoms with Gasteiger partial charge in [0.1, 0.15) is 0 Å². The molecule has 2 nitrogen and oxygen atoms in total. The van der Waals surface area contributed by atoms with Gasteiger partial charge in [0, 0.05) is 12.6 Å². The summed E-state index contributed by atoms with van der Waals surface area (Å²) in [7, 11) is 2.07. The first-order valence-corrected chi connectivity index (χ1v) is 7.66. The van der Waals surface area contributed by atoms with E-state index in [1.807, 2.05) is 0 Å². The first kappa shape index (κ1) is 14.5. The lowest BCUT2D eigenvalue weighted by molar-refractivity contribution is -0.0883. The minimum atomic E-state index is 0.0393. The van der Waals surface area contributed by atoms with Gasteiger partial charge in [0.2, 0.25) is 0 Å². The number of nitrogens with one attached hydrogen (secondary N) is 1. The molecular formula is C17H27NO. The lowest BCUT2D eigenvalue weighted by atomic mass is 9.77. The minimum Gasteiger partial charge on any atom is -0.374 e. The van der Waals surface area contributed by atoms with Crippen molar-refractivity contribution in [3.05, 3.63) is 35.9 Å². The normalized spacial score (nSPS) is 20.1. The number of rotatable bonds is 6. The van der Waals surface area contributed by atoms with Gasteiger partial charge < -0.3 is 10.1 Å². The van der Waals surface area contributed by atoms with Gasteiger partial charge >= 0.3 is 0 Å². The molecule has 0 amide bonds. The van der Waals surface area contributed by atoms with Crippen molar-refractivity contribution in [2.24, 2.45) is 0 Å². The molecule has 1 unspecified atom stereocenters. The molecule has 1 aliphatic rings. The van der Waals surface area contributed by atoms with Gasteiger partial charge in [-0.2, -0.15) is 0 Å². The summed E-state index contributed by atoms with van der Waals surface area (Å²) in [5, 5.41) is 3.52. The van der Waals surface area contributed by atoms with Crippen LogP contribution in [0.4, 0.5) is 0 Å². The molecule has 1 fully saturated rings. The van der Waals surface area contributed by atoms with Gasteiger partial charge in [0.25, 0.3) is 0 Å². The molecule has 106 valence electrons. The Balaban J connectivity index is 2.12. The van der Waals surface area contributed by atoms with Gasteiger partial charge in [-0.1, -0.05) is 49.6 Å². The maximum absolute atomic E-state index is 6.23. The molecular weight excluding hydrogens is 234 g/mol. The van der Waals surface area contributed by atoms with Crippen LogP contribution in [-0.2, 0) is 11.2 Å². The minimum absolute atomic E-state index is 0.0393. The molecule has 0 aliphatic heterocycles. The number of hydrogen-bond acceptors (Lipinski definition) is 2. The second-order valence-electron chi connectivity index (χ2n) is 5.59. The Morgan fingerprint density at radius 2 is 1.84 bits per heavy atom. The smallest absolute Gasteiger partial charge is 0.0837 e. The van der Waals surface area contributed by atoms with E-state index in [-0.39, 0.29) is 5.60 Å². The quantitative estimate of drug-likeness (QED) is 0.845. The summed E-state index contributed by atoms with van der Waals surface area (Å²) in [6.45, 7) is 2.93. The second kappa shape index (κ2) is 7.06. The third kappa shape index (κ3) is 3.58. The zero-order chi connectivity index (χ0) is 13.6. The number of hydrogen-bond donors (Lipinski definition) is 1. The van der Waals surface area contributed by atoms with Crippen molar-refractivity contribution >= 4 is 0 Å². The van der Waals surface area contributed by atoms with Crippen molar-refractivity contribution < 1.29 is 4.74 Å². The van der Waals surface area contributed by atoms with Crippen molar-refractivity contribution in [2.75, 3.05) is 13.7 Å². The zero-order valence-corrected chi connectivity index (χ0v) is 12.3. The summed E-state index contributed by atoms with van der Waals surface area (Å²) >= 11 is 0. The average Bonchev–Trinajstić information content (AvgIpc) is 2.47. The molecule has 1 aliphatic carbocycles. The molecule has 1 N–H and O–H groups in total. The van der Waals surface area contributed by atoms with Gasteiger partial charge in [-0.15, -0.1) is 0 Å². The summed E-state index contributed by atoms with van der Waals surface area (Å²) in [5.74, 6) is 0. The molecule has 0 saturated heterocycles. The molecule has 2 rings (SSSR count). The lowest BCUT2D eigenvalue weighted by Gasteiger charge is -2.43. The highest BCUT2D eigenvalue weighted by Crippen LogP contribution is 2.35. The predicted octanol–water partition coefficient (Wildman–Crippen LogP) is 3.56. The number of benzene rings is 1. The number of likely N-dealkylation sites (N-methyl/N-ethyl adjacent to an activating group) is 1. The van der Waals surface area contributed by atoms with Crippen LogP contribution < -0.4 is 5.32 Å². The average molecular weight is 261 g/mol. The van der Waals surface area contributed by atoms with E-state index < -0.39 is 0 Å². The van der Waals surface area contributed by atoms with Crippen molar-refractivity contribution in [1.29, 1.82) is 0 Å². The molecule has 1 atom stereocenters. The van der Waals surface area contributed by atoms with Crippen LogP contribution >= 0.6 is 0 Å². The van der Waals surface area contributed by atoms with Crippen LogP contribution in [0.1, 0.15) is 44.6 Å². The molecule has 0 radical (unpaired) electrons. The molecule has 1 aromatic carbocycles. The fourth-order valence-electron chi connectivity index (χ4n) is 3.43. The lowest BCUT2D eigenvalue weighted by Crippen LogP contribution is -2.53. The molecule has 0 bridgehead atoms. The molecule has 19 heavy (non-hydrogen) atoms. The molecule has 1 saturated carbocycles. The highest BCUT2D eigenvalue weighted by molar-refractivity contribution is 5.17. The van der Waals surface area contributed by atoms with Crippen molar-refractivity contribution in [1.82, 2.24) is 5.32 Å². The van der Waals surface area contributed by atoms with E-state index in [0.717, 1.165) is 13.0 Å². The SMILES string of the molecule is CCOC1(C(Cc2ccccc2)NC)CCCCC1. The molecule has 2 heteroatoms. The zero-order valence-electron chi connectivity index (χ0n) is 12.3. The standard InChI is InChI=1S/C17H27NO/c1-3-19-17(12-8-5-9-13-17)16(18-2)14-15-10-6-4-7-11-15/h4,6-7,10-11,16,18H,3,5,8-9,12-14H2,1-2H3. The van der Waals surface area contributed by atoms with Gasteiger partial charge in [-0.05, 0) is 38.8 Å². The summed E-state index contributed by atoms with van der Waals surface area (Å²) in [6, 6.07) is 11.2. The summed E-state index contributed by atoms with van der Waals surface area (Å²) in [5.41, 5.74) is 1.43. The molecule has 0 spiro atoms. The maximum Gasteiger partial charge on any atom is 0.0837 e. The summed E-state index contributed by atoms with van der Waals surface area (Å²) < 4.78 is 6.23. The molecule has 0 heterocycles. The van der Waals surface area contributed by atoms with E-state index in [2.05, 4.69) is 49.6 Å². The van der Waals surface area contributed by atoms with Crippen molar-refractivity contribution in [2.45, 2.75) is 57.1 Å². The van der Waals surface area contributed by atoms with E-state index in [1.54, 1.807) is 0 Å². The number of ether oxygens (including phenoxy) is 1. The van der Waals surface area contributed by atoms with Gasteiger partial charge in [-0.25, -0.2) is 0 Å². The Bertz CT molecular complexity index is 351. The van der Waals surface area contributed by atoms with E-state index in [9.17, 15) is 0 Å². The summed E-state index contributed by atoms with van der Waals surface area (Å²) in [4.78, 5) is 0. The predicted molar refractivity (Wildman–Crippen MR) is 80.4 cm³/mol. The van der Waals surface area contributed by atoms with E-state index >= 15 is 0 Å². The van der Waals surface area contributed by atoms with Crippen molar-refractivity contribution in [3.8, 4) is 0 Å². The molecule has 0 aromatic heterocycles. The molecule has 1 aromatic rings. The van der Waals surface area contributed by atoms with Crippen LogP contribution in [0.15, 0.2) is 30.3 Å². The Morgan fingerprint density at radius 3 is 2.42 bits per heavy atom. The summed E-state index contributed by atoms with van der Waals surface area (Å²) in [6.07, 6.45) is 7.40. The van der Waals surface area contributed by atoms with Crippen LogP contribution in [0.2, 0.25) is 0 Å². The van der Waals surface area contributed by atoms with Gasteiger partial charge in [-0.3, -0.25) is 0 Å². The van der Waals surface area contributed by atoms with Gasteiger partial charge in [0.05, 0.1) is 5.60 Å². The van der Waals surface area contributed by atoms with Crippen LogP contribution in [0.3, 0.4) is 0 Å². The first-order chi connectivity index (χ1) is 9.30. The Labute approximate surface area is 117 Å². The highest BCUT2D eigenvalue weighted by atomic mass is 16.5. The maximum atomic E-state index is 6.23. The third-order valence-corrected chi connectivity index (χ3v) is 4.40. The monoisotopic (exact) mass is 261 g/mol. The van der Waals surface area contributed by atoms with Crippen LogP contribution in [0, 0.1) is 0 Å². The second-order valence-corrected chi connectivity index (χ2v) is 5.59. The van der Waals surface area contributed by atoms with Crippen LogP contribution in [0.5, 0.6) is 0 Å². The first-order valence-electron chi connectivity index (χ1n) is 7.66. The topological polar surface area (TPSA) is 21.3 Å². The van der Waals surface area contributed by atoms with Gasteiger partial charge in [0.15, 0.2) is 0 Å². The Hall–Kier alpha value is -0.860. The highest BCUT2D eigenvalue weighted by Gasteiger charge is 2.39. The van der Waals surface area contributed by atoms with E-state index in [0.29, 0.717) is 6.04 Å². The van der Waals surface area contributed by atoms with Crippen molar-refractivity contribution in [3.63, 3.8) is 0 Å². The Morgan fingerprint density at radius 1 is 1.16 bits per heavy atom. The third-order valence-electron chi connectivity index (χ3n) is 4.40. The largest absolute Gasteiger partial charge is 0.374 e. The fraction of sp³-hybridized carbons (Fsp3) is 0.647.